The molecule has 0 bridgehead atoms. The maximum Gasteiger partial charge on any atom is 0.180 e. The first-order valence-corrected chi connectivity index (χ1v) is 10.5. The first-order valence-electron chi connectivity index (χ1n) is 8.90. The van der Waals surface area contributed by atoms with E-state index in [-0.39, 0.29) is 1.43 Å². The van der Waals surface area contributed by atoms with E-state index < -0.39 is 15.1 Å². The molecule has 0 saturated carbocycles. The highest BCUT2D eigenvalue weighted by atomic mass is 32.2. The highest BCUT2D eigenvalue weighted by Gasteiger charge is 2.20. The first kappa shape index (κ1) is 18.4. The molecule has 0 aliphatic heterocycles. The Balaban J connectivity index is 0.00000240. The summed E-state index contributed by atoms with van der Waals surface area (Å²) in [6.07, 6.45) is 3.52. The van der Waals surface area contributed by atoms with E-state index in [0.717, 1.165) is 22.4 Å². The van der Waals surface area contributed by atoms with E-state index in [1.165, 1.54) is 0 Å². The van der Waals surface area contributed by atoms with Gasteiger partial charge in [0.1, 0.15) is 11.3 Å². The number of nitrogens with zero attached hydrogens (tertiary/aromatic N) is 3. The van der Waals surface area contributed by atoms with Crippen LogP contribution in [0.1, 0.15) is 26.7 Å². The minimum atomic E-state index is -3.31. The highest BCUT2D eigenvalue weighted by molar-refractivity contribution is 7.92. The van der Waals surface area contributed by atoms with E-state index in [4.69, 9.17) is 9.51 Å². The fraction of sp³-hybridized carbons (Fsp3) is 0.250. The van der Waals surface area contributed by atoms with E-state index >= 15 is 0 Å². The number of fused-ring (bicyclic) bond motifs is 1. The Hall–Kier alpha value is -3.00. The lowest BCUT2D eigenvalue weighted by Crippen LogP contribution is -2.13. The van der Waals surface area contributed by atoms with Gasteiger partial charge in [0, 0.05) is 18.8 Å². The molecule has 0 unspecified atom stereocenters. The number of nitrogens with one attached hydrogen (secondary N) is 1. The molecule has 0 aliphatic rings. The van der Waals surface area contributed by atoms with E-state index in [1.807, 2.05) is 20.0 Å². The Labute approximate surface area is 164 Å². The van der Waals surface area contributed by atoms with Crippen molar-refractivity contribution in [2.45, 2.75) is 37.8 Å². The Morgan fingerprint density at radius 2 is 1.86 bits per heavy atom. The molecule has 0 aliphatic carbocycles. The number of aryl methyl sites for hydroxylation is 2. The van der Waals surface area contributed by atoms with E-state index in [9.17, 15) is 8.42 Å². The molecule has 8 heteroatoms. The maximum atomic E-state index is 12.3. The minimum absolute atomic E-state index is 0. The summed E-state index contributed by atoms with van der Waals surface area (Å²) in [5.41, 5.74) is 5.39. The van der Waals surface area contributed by atoms with Crippen molar-refractivity contribution in [3.63, 3.8) is 0 Å². The molecule has 3 aromatic heterocycles. The van der Waals surface area contributed by atoms with Crippen LogP contribution in [0, 0.1) is 13.8 Å². The Kier molecular flexibility index (Phi) is 4.30. The van der Waals surface area contributed by atoms with Gasteiger partial charge in [-0.1, -0.05) is 17.3 Å². The van der Waals surface area contributed by atoms with Gasteiger partial charge >= 0.3 is 0 Å². The molecular weight excluding hydrogens is 376 g/mol. The zero-order valence-electron chi connectivity index (χ0n) is 16.0. The van der Waals surface area contributed by atoms with Crippen molar-refractivity contribution >= 4 is 21.0 Å². The molecule has 28 heavy (non-hydrogen) atoms. The van der Waals surface area contributed by atoms with Crippen LogP contribution in [0.25, 0.3) is 33.5 Å². The highest BCUT2D eigenvalue weighted by Crippen LogP contribution is 2.32. The summed E-state index contributed by atoms with van der Waals surface area (Å²) >= 11 is 0. The van der Waals surface area contributed by atoms with Gasteiger partial charge in [0.05, 0.1) is 33.3 Å². The van der Waals surface area contributed by atoms with Gasteiger partial charge < -0.3 is 9.51 Å². The first-order chi connectivity index (χ1) is 13.3. The van der Waals surface area contributed by atoms with Crippen molar-refractivity contribution in [3.05, 3.63) is 48.1 Å². The Morgan fingerprint density at radius 3 is 2.46 bits per heavy atom. The molecule has 4 aromatic rings. The fourth-order valence-corrected chi connectivity index (χ4v) is 4.24. The molecule has 0 amide bonds. The molecule has 1 N–H and O–H groups in total. The van der Waals surface area contributed by atoms with Crippen molar-refractivity contribution in [1.82, 2.24) is 20.1 Å². The lowest BCUT2D eigenvalue weighted by Gasteiger charge is -2.08. The van der Waals surface area contributed by atoms with Crippen molar-refractivity contribution in [3.8, 4) is 22.4 Å². The van der Waals surface area contributed by atoms with Crippen molar-refractivity contribution < 1.29 is 14.4 Å². The number of aromatic amines is 1. The summed E-state index contributed by atoms with van der Waals surface area (Å²) in [5.74, 6) is 0.717. The second-order valence-corrected chi connectivity index (χ2v) is 9.48. The number of benzene rings is 1. The molecule has 0 radical (unpaired) electrons. The van der Waals surface area contributed by atoms with Crippen molar-refractivity contribution in [1.29, 1.82) is 0 Å². The maximum absolute atomic E-state index is 12.3. The van der Waals surface area contributed by atoms with Crippen LogP contribution in [0.5, 0.6) is 0 Å². The number of sulfone groups is 1. The molecule has 7 nitrogen and oxygen atoms in total. The van der Waals surface area contributed by atoms with E-state index in [2.05, 4.69) is 15.1 Å². The van der Waals surface area contributed by atoms with Crippen LogP contribution in [-0.2, 0) is 9.84 Å². The van der Waals surface area contributed by atoms with E-state index in [1.54, 1.807) is 44.3 Å². The smallest absolute Gasteiger partial charge is 0.180 e. The molecule has 4 rings (SSSR count). The second-order valence-electron chi connectivity index (χ2n) is 6.97. The van der Waals surface area contributed by atoms with Gasteiger partial charge in [0.2, 0.25) is 0 Å². The number of hydrogen-bond donors (Lipinski definition) is 1. The second kappa shape index (κ2) is 6.56. The van der Waals surface area contributed by atoms with Crippen LogP contribution in [0.4, 0.5) is 0 Å². The number of H-pyrrole nitrogens is 1. The SMILES string of the molecule is Cc1noc(C)c1-c1c[nH]c2ncc(-c3ccc(S(=O)(=O)C(C)C)cc3)nc12.[HH]. The van der Waals surface area contributed by atoms with Gasteiger partial charge in [-0.25, -0.2) is 18.4 Å². The zero-order chi connectivity index (χ0) is 20.1. The van der Waals surface area contributed by atoms with Gasteiger partial charge in [-0.2, -0.15) is 0 Å². The van der Waals surface area contributed by atoms with Crippen LogP contribution in [0.2, 0.25) is 0 Å². The van der Waals surface area contributed by atoms with E-state index in [0.29, 0.717) is 27.5 Å². The average Bonchev–Trinajstić information content (AvgIpc) is 3.23. The normalized spacial score (nSPS) is 12.2. The van der Waals surface area contributed by atoms with Crippen LogP contribution >= 0.6 is 0 Å². The number of rotatable bonds is 4. The number of aromatic nitrogens is 4. The number of hydrogen-bond acceptors (Lipinski definition) is 6. The third kappa shape index (κ3) is 2.90. The molecular formula is C20H22N4O3S. The summed E-state index contributed by atoms with van der Waals surface area (Å²) in [6, 6.07) is 6.74. The van der Waals surface area contributed by atoms with Crippen LogP contribution in [0.15, 0.2) is 46.1 Å². The van der Waals surface area contributed by atoms with Crippen molar-refractivity contribution in [2.75, 3.05) is 0 Å². The fourth-order valence-electron chi connectivity index (χ4n) is 3.18. The molecule has 146 valence electrons. The standard InChI is InChI=1S/C20H20N4O3S.H2/c1-11(2)28(25,26)15-7-5-14(6-8-15)17-10-22-20-19(23-17)16(9-21-20)18-12(3)24-27-13(18)4;/h5-11H,1-4H3,(H,21,22);1H. The van der Waals surface area contributed by atoms with Gasteiger partial charge in [0.15, 0.2) is 15.5 Å². The Bertz CT molecular complexity index is 1260. The molecule has 0 saturated heterocycles. The van der Waals surface area contributed by atoms with Crippen LogP contribution < -0.4 is 0 Å². The molecule has 0 atom stereocenters. The van der Waals surface area contributed by atoms with Gasteiger partial charge in [-0.15, -0.1) is 0 Å². The summed E-state index contributed by atoms with van der Waals surface area (Å²) in [4.78, 5) is 12.7. The quantitative estimate of drug-likeness (QED) is 0.549. The third-order valence-corrected chi connectivity index (χ3v) is 6.95. The topological polar surface area (TPSA) is 102 Å². The van der Waals surface area contributed by atoms with Crippen LogP contribution in [0.3, 0.4) is 0 Å². The minimum Gasteiger partial charge on any atom is -0.361 e. The van der Waals surface area contributed by atoms with Gasteiger partial charge in [0.25, 0.3) is 0 Å². The predicted molar refractivity (Wildman–Crippen MR) is 109 cm³/mol. The summed E-state index contributed by atoms with van der Waals surface area (Å²) in [7, 11) is -3.31. The van der Waals surface area contributed by atoms with Gasteiger partial charge in [-0.3, -0.25) is 0 Å². The monoisotopic (exact) mass is 398 g/mol. The molecule has 1 aromatic carbocycles. The summed E-state index contributed by atoms with van der Waals surface area (Å²) in [6.45, 7) is 7.09. The largest absolute Gasteiger partial charge is 0.361 e. The Morgan fingerprint density at radius 1 is 1.14 bits per heavy atom. The summed E-state index contributed by atoms with van der Waals surface area (Å²) in [5, 5.41) is 3.55. The van der Waals surface area contributed by atoms with Crippen molar-refractivity contribution in [2.24, 2.45) is 0 Å². The molecule has 0 spiro atoms. The zero-order valence-corrected chi connectivity index (χ0v) is 16.8. The average molecular weight is 398 g/mol. The van der Waals surface area contributed by atoms with Crippen LogP contribution in [-0.4, -0.2) is 33.8 Å². The third-order valence-electron chi connectivity index (χ3n) is 4.78. The lowest BCUT2D eigenvalue weighted by molar-refractivity contribution is 0.393. The lowest BCUT2D eigenvalue weighted by atomic mass is 10.1. The predicted octanol–water partition coefficient (Wildman–Crippen LogP) is 4.32. The molecule has 0 fully saturated rings. The molecule has 3 heterocycles. The summed E-state index contributed by atoms with van der Waals surface area (Å²) < 4.78 is 29.9. The van der Waals surface area contributed by atoms with Gasteiger partial charge in [-0.05, 0) is 39.8 Å².